The van der Waals surface area contributed by atoms with Gasteiger partial charge in [0, 0.05) is 0 Å². The summed E-state index contributed by atoms with van der Waals surface area (Å²) in [6.07, 6.45) is 0. The maximum absolute atomic E-state index is 2.27. The molecule has 0 heterocycles. The first-order valence-electron chi connectivity index (χ1n) is 12.0. The molecule has 0 unspecified atom stereocenters. The molecule has 0 spiro atoms. The molecule has 0 saturated heterocycles. The summed E-state index contributed by atoms with van der Waals surface area (Å²) in [7, 11) is -1.11. The van der Waals surface area contributed by atoms with Crippen molar-refractivity contribution in [3.05, 3.63) is 119 Å². The van der Waals surface area contributed by atoms with Gasteiger partial charge in [0.1, 0.15) is 0 Å². The first-order chi connectivity index (χ1) is 15.9. The molecule has 186 valence electrons. The summed E-state index contributed by atoms with van der Waals surface area (Å²) in [5.74, 6) is 0. The molecule has 0 atom stereocenters. The summed E-state index contributed by atoms with van der Waals surface area (Å²) in [5.41, 5.74) is 6.23. The number of hydrogen-bond donors (Lipinski definition) is 0. The average Bonchev–Trinajstić information content (AvgIpc) is 3.44. The molecule has 35 heavy (non-hydrogen) atoms. The van der Waals surface area contributed by atoms with Gasteiger partial charge in [-0.05, 0) is 0 Å². The summed E-state index contributed by atoms with van der Waals surface area (Å²) in [6, 6.07) is 35.1. The Balaban J connectivity index is 0.000000265. The van der Waals surface area contributed by atoms with Gasteiger partial charge in [-0.2, -0.15) is 46.5 Å². The molecule has 0 N–H and O–H groups in total. The molecule has 4 rings (SSSR count). The molecule has 0 bridgehead atoms. The molecule has 0 saturated carbocycles. The van der Waals surface area contributed by atoms with Crippen molar-refractivity contribution in [1.29, 1.82) is 0 Å². The van der Waals surface area contributed by atoms with Gasteiger partial charge in [0.15, 0.2) is 0 Å². The number of rotatable bonds is 2. The summed E-state index contributed by atoms with van der Waals surface area (Å²) in [6.45, 7) is 17.7. The molecule has 0 amide bonds. The first kappa shape index (κ1) is 31.9. The second-order valence-electron chi connectivity index (χ2n) is 11.0. The van der Waals surface area contributed by atoms with E-state index in [2.05, 4.69) is 152 Å². The molecule has 0 nitrogen and oxygen atoms in total. The van der Waals surface area contributed by atoms with Gasteiger partial charge in [-0.1, -0.05) is 66.2 Å². The van der Waals surface area contributed by atoms with Gasteiger partial charge in [-0.15, -0.1) is 0 Å². The zero-order chi connectivity index (χ0) is 25.4. The Labute approximate surface area is 236 Å². The van der Waals surface area contributed by atoms with E-state index in [9.17, 15) is 0 Å². The second kappa shape index (κ2) is 14.6. The number of halogens is 1. The summed E-state index contributed by atoms with van der Waals surface area (Å²) < 4.78 is 3.16. The molecule has 3 heteroatoms. The van der Waals surface area contributed by atoms with Crippen molar-refractivity contribution in [3.63, 3.8) is 0 Å². The Kier molecular flexibility index (Phi) is 13.3. The third-order valence-electron chi connectivity index (χ3n) is 5.67. The fourth-order valence-corrected chi connectivity index (χ4v) is 10.6. The van der Waals surface area contributed by atoms with E-state index in [1.54, 1.807) is 30.4 Å². The minimum absolute atomic E-state index is 0. The molecule has 0 radical (unpaired) electrons. The molecule has 0 aromatic heterocycles. The van der Waals surface area contributed by atoms with Crippen molar-refractivity contribution < 1.29 is 34.0 Å². The van der Waals surface area contributed by atoms with Crippen LogP contribution in [0.4, 0.5) is 0 Å². The van der Waals surface area contributed by atoms with Gasteiger partial charge in [0.05, 0.1) is 0 Å². The normalized spacial score (nSPS) is 10.7. The third-order valence-corrected chi connectivity index (χ3v) is 16.9. The van der Waals surface area contributed by atoms with E-state index in [1.165, 1.54) is 22.3 Å². The quantitative estimate of drug-likeness (QED) is 0.230. The van der Waals surface area contributed by atoms with E-state index >= 15 is 0 Å². The monoisotopic (exact) mass is 623 g/mol. The zero-order valence-electron chi connectivity index (χ0n) is 22.6. The van der Waals surface area contributed by atoms with E-state index < -0.39 is 9.98 Å². The van der Waals surface area contributed by atoms with Crippen LogP contribution in [0.15, 0.2) is 97.1 Å². The van der Waals surface area contributed by atoms with E-state index in [0.29, 0.717) is 10.8 Å². The predicted octanol–water partition coefficient (Wildman–Crippen LogP) is 4.37. The number of aryl methyl sites for hydroxylation is 2. The van der Waals surface area contributed by atoms with E-state index in [-0.39, 0.29) is 12.4 Å². The molecule has 0 aliphatic heterocycles. The zero-order valence-corrected chi connectivity index (χ0v) is 27.9. The van der Waals surface area contributed by atoms with E-state index in [1.807, 2.05) is 0 Å². The maximum atomic E-state index is 2.27. The molecule has 0 fully saturated rings. The standard InChI is InChI=1S/C12H10Ge.2C10H15.ClH.Zr/c1-3-7-11(8-4-1)13-12-9-5-2-6-10-12;2*1-8-5-6-9(7-8)10(2,3)4;;/h1-10H;2*5-7H,1-4H3;1H;/q;2*-1;;/p-1. The van der Waals surface area contributed by atoms with E-state index in [4.69, 9.17) is 0 Å². The van der Waals surface area contributed by atoms with Crippen molar-refractivity contribution in [3.8, 4) is 0 Å². The van der Waals surface area contributed by atoms with Crippen molar-refractivity contribution in [2.45, 2.75) is 66.2 Å². The van der Waals surface area contributed by atoms with Crippen LogP contribution in [0.1, 0.15) is 63.8 Å². The van der Waals surface area contributed by atoms with Crippen LogP contribution in [-0.4, -0.2) is 9.98 Å². The Morgan fingerprint density at radius 3 is 1.11 bits per heavy atom. The molecule has 4 aromatic rings. The Morgan fingerprint density at radius 2 is 0.914 bits per heavy atom. The van der Waals surface area contributed by atoms with Crippen molar-refractivity contribution in [2.24, 2.45) is 0 Å². The number of benzene rings is 2. The molecule has 0 aliphatic carbocycles. The Bertz CT molecular complexity index is 1050. The molecular weight excluding hydrogens is 584 g/mol. The Morgan fingerprint density at radius 1 is 0.600 bits per heavy atom. The molecule has 4 aromatic carbocycles. The van der Waals surface area contributed by atoms with Crippen LogP contribution in [0.25, 0.3) is 0 Å². The van der Waals surface area contributed by atoms with Crippen LogP contribution in [-0.2, 0) is 32.4 Å². The van der Waals surface area contributed by atoms with Crippen molar-refractivity contribution in [1.82, 2.24) is 0 Å². The molecule has 0 aliphatic rings. The SMILES string of the molecule is Cc1cc(C(C)(C)C)c[cH-]1.Cc1cc(C(C)(C)C)c[cH-]1.[Cl-].[Zr]=[Ge]([c]1ccccc1)[c]1ccccc1. The van der Waals surface area contributed by atoms with Crippen molar-refractivity contribution in [2.75, 3.05) is 0 Å². The predicted molar refractivity (Wildman–Crippen MR) is 149 cm³/mol. The van der Waals surface area contributed by atoms with Gasteiger partial charge >= 0.3 is 101 Å². The summed E-state index contributed by atoms with van der Waals surface area (Å²) in [4.78, 5) is 0. The van der Waals surface area contributed by atoms with Crippen molar-refractivity contribution >= 4 is 18.8 Å². The first-order valence-corrected chi connectivity index (χ1v) is 21.6. The van der Waals surface area contributed by atoms with E-state index in [0.717, 1.165) is 0 Å². The van der Waals surface area contributed by atoms with Gasteiger partial charge < -0.3 is 12.4 Å². The van der Waals surface area contributed by atoms with Crippen LogP contribution in [0.2, 0.25) is 0 Å². The summed E-state index contributed by atoms with van der Waals surface area (Å²) in [5, 5.41) is 0. The second-order valence-corrected chi connectivity index (χ2v) is 21.3. The average molecular weight is 624 g/mol. The summed E-state index contributed by atoms with van der Waals surface area (Å²) >= 11 is 1.71. The van der Waals surface area contributed by atoms with Gasteiger partial charge in [-0.25, -0.2) is 12.1 Å². The van der Waals surface area contributed by atoms with Crippen LogP contribution >= 0.6 is 0 Å². The van der Waals surface area contributed by atoms with Gasteiger partial charge in [0.25, 0.3) is 0 Å². The number of hydrogen-bond acceptors (Lipinski definition) is 0. The van der Waals surface area contributed by atoms with Crippen LogP contribution in [0.3, 0.4) is 0 Å². The topological polar surface area (TPSA) is 0 Å². The minimum atomic E-state index is -1.11. The Hall–Kier alpha value is -1.14. The molecular formula is C32H40ClGeZr-3. The van der Waals surface area contributed by atoms with Crippen LogP contribution < -0.4 is 21.2 Å². The fourth-order valence-electron chi connectivity index (χ4n) is 3.43. The van der Waals surface area contributed by atoms with Crippen LogP contribution in [0.5, 0.6) is 0 Å². The van der Waals surface area contributed by atoms with Gasteiger partial charge in [0.2, 0.25) is 0 Å². The third kappa shape index (κ3) is 11.2. The van der Waals surface area contributed by atoms with Gasteiger partial charge in [-0.3, -0.25) is 0 Å². The van der Waals surface area contributed by atoms with Crippen LogP contribution in [0, 0.1) is 13.8 Å². The fraction of sp³-hybridized carbons (Fsp3) is 0.312.